The maximum absolute atomic E-state index is 12.5. The molecular weight excluding hydrogens is 416 g/mol. The monoisotopic (exact) mass is 442 g/mol. The van der Waals surface area contributed by atoms with E-state index in [1.165, 1.54) is 11.9 Å². The number of methoxy groups -OCH3 is 1. The van der Waals surface area contributed by atoms with Gasteiger partial charge in [0.25, 0.3) is 0 Å². The molecule has 31 heavy (non-hydrogen) atoms. The number of urea groups is 1. The van der Waals surface area contributed by atoms with Gasteiger partial charge in [0.15, 0.2) is 11.5 Å². The summed E-state index contributed by atoms with van der Waals surface area (Å²) < 4.78 is 18.1. The third-order valence-corrected chi connectivity index (χ3v) is 6.89. The van der Waals surface area contributed by atoms with Crippen molar-refractivity contribution >= 4 is 29.4 Å². The predicted octanol–water partition coefficient (Wildman–Crippen LogP) is 3.49. The van der Waals surface area contributed by atoms with Crippen molar-refractivity contribution in [3.05, 3.63) is 36.4 Å². The van der Waals surface area contributed by atoms with Crippen LogP contribution in [0.4, 0.5) is 16.2 Å². The minimum absolute atomic E-state index is 0.0858. The van der Waals surface area contributed by atoms with Crippen LogP contribution < -0.4 is 24.4 Å². The number of anilines is 2. The van der Waals surface area contributed by atoms with E-state index in [4.69, 9.17) is 14.2 Å². The number of nitrogens with one attached hydrogen (secondary N) is 1. The maximum atomic E-state index is 12.5. The van der Waals surface area contributed by atoms with Gasteiger partial charge in [0, 0.05) is 51.4 Å². The van der Waals surface area contributed by atoms with E-state index in [1.54, 1.807) is 11.4 Å². The van der Waals surface area contributed by atoms with E-state index in [0.29, 0.717) is 12.3 Å². The first-order chi connectivity index (χ1) is 15.2. The zero-order valence-electron chi connectivity index (χ0n) is 17.5. The second-order valence-corrected chi connectivity index (χ2v) is 8.74. The molecule has 0 atom stereocenters. The minimum atomic E-state index is -0.0858. The average molecular weight is 443 g/mol. The minimum Gasteiger partial charge on any atom is -0.495 e. The van der Waals surface area contributed by atoms with E-state index in [1.807, 2.05) is 24.3 Å². The molecule has 0 unspecified atom stereocenters. The second kappa shape index (κ2) is 8.76. The molecular formula is C22H26N4O4S. The Morgan fingerprint density at radius 1 is 1.06 bits per heavy atom. The summed E-state index contributed by atoms with van der Waals surface area (Å²) in [6.07, 6.45) is 0.926. The van der Waals surface area contributed by atoms with Crippen LogP contribution in [0.15, 0.2) is 41.3 Å². The molecule has 9 heteroatoms. The molecule has 3 aliphatic heterocycles. The summed E-state index contributed by atoms with van der Waals surface area (Å²) >= 11 is 1.46. The Morgan fingerprint density at radius 3 is 2.65 bits per heavy atom. The molecule has 3 aliphatic rings. The smallest absolute Gasteiger partial charge is 0.332 e. The summed E-state index contributed by atoms with van der Waals surface area (Å²) in [5.74, 6) is 2.34. The molecule has 0 aromatic heterocycles. The van der Waals surface area contributed by atoms with Gasteiger partial charge < -0.3 is 24.4 Å². The Morgan fingerprint density at radius 2 is 1.84 bits per heavy atom. The number of carbonyl (C=O) groups excluding carboxylic acids is 1. The molecule has 1 fully saturated rings. The number of rotatable bonds is 6. The van der Waals surface area contributed by atoms with Gasteiger partial charge in [-0.3, -0.25) is 9.21 Å². The van der Waals surface area contributed by atoms with E-state index in [0.717, 1.165) is 66.9 Å². The van der Waals surface area contributed by atoms with Crippen molar-refractivity contribution in [2.24, 2.45) is 0 Å². The van der Waals surface area contributed by atoms with Gasteiger partial charge in [0.2, 0.25) is 6.79 Å². The number of carbonyl (C=O) groups is 1. The largest absolute Gasteiger partial charge is 0.495 e. The van der Waals surface area contributed by atoms with Crippen molar-refractivity contribution in [1.82, 2.24) is 9.21 Å². The highest BCUT2D eigenvalue weighted by atomic mass is 32.2. The van der Waals surface area contributed by atoms with E-state index in [2.05, 4.69) is 27.2 Å². The number of nitrogens with zero attached hydrogens (tertiary/aromatic N) is 3. The maximum Gasteiger partial charge on any atom is 0.332 e. The fourth-order valence-corrected chi connectivity index (χ4v) is 5.08. The van der Waals surface area contributed by atoms with Crippen LogP contribution in [-0.4, -0.2) is 68.4 Å². The second-order valence-electron chi connectivity index (χ2n) is 7.68. The van der Waals surface area contributed by atoms with Gasteiger partial charge >= 0.3 is 6.03 Å². The van der Waals surface area contributed by atoms with Gasteiger partial charge in [-0.05, 0) is 30.5 Å². The van der Waals surface area contributed by atoms with Crippen molar-refractivity contribution in [1.29, 1.82) is 0 Å². The van der Waals surface area contributed by atoms with Gasteiger partial charge in [-0.1, -0.05) is 12.1 Å². The average Bonchev–Trinajstić information content (AvgIpc) is 3.25. The lowest BCUT2D eigenvalue weighted by atomic mass is 10.2. The highest BCUT2D eigenvalue weighted by molar-refractivity contribution is 7.97. The third kappa shape index (κ3) is 4.20. The van der Waals surface area contributed by atoms with Crippen molar-refractivity contribution in [3.8, 4) is 17.2 Å². The summed E-state index contributed by atoms with van der Waals surface area (Å²) in [6, 6.07) is 11.9. The summed E-state index contributed by atoms with van der Waals surface area (Å²) in [6.45, 7) is 5.84. The SMILES string of the molecule is COc1ccccc1N1CCN(CCCN2Sc3cc4c(cc3NC2=O)OCO4)CC1. The van der Waals surface area contributed by atoms with Crippen LogP contribution in [-0.2, 0) is 0 Å². The van der Waals surface area contributed by atoms with Gasteiger partial charge in [-0.2, -0.15) is 0 Å². The standard InChI is InChI=1S/C22H26N4O4S/c1-28-18-6-3-2-5-17(18)25-11-9-24(10-12-25)7-4-8-26-22(27)23-16-13-19-20(30-15-29-19)14-21(16)31-26/h2-3,5-6,13-14H,4,7-12,15H2,1H3,(H,23,27). The fraction of sp³-hybridized carbons (Fsp3) is 0.409. The van der Waals surface area contributed by atoms with Crippen LogP contribution in [0.5, 0.6) is 17.2 Å². The molecule has 164 valence electrons. The van der Waals surface area contributed by atoms with E-state index < -0.39 is 0 Å². The molecule has 8 nitrogen and oxygen atoms in total. The van der Waals surface area contributed by atoms with E-state index in [-0.39, 0.29) is 12.8 Å². The van der Waals surface area contributed by atoms with Crippen LogP contribution in [0.2, 0.25) is 0 Å². The molecule has 0 aliphatic carbocycles. The Hall–Kier alpha value is -2.78. The fourth-order valence-electron chi connectivity index (χ4n) is 4.12. The van der Waals surface area contributed by atoms with E-state index in [9.17, 15) is 4.79 Å². The zero-order chi connectivity index (χ0) is 21.2. The van der Waals surface area contributed by atoms with E-state index >= 15 is 0 Å². The molecule has 1 saturated heterocycles. The summed E-state index contributed by atoms with van der Waals surface area (Å²) in [7, 11) is 1.72. The zero-order valence-corrected chi connectivity index (χ0v) is 18.3. The van der Waals surface area contributed by atoms with Crippen molar-refractivity contribution in [2.45, 2.75) is 11.3 Å². The quantitative estimate of drug-likeness (QED) is 0.687. The summed E-state index contributed by atoms with van der Waals surface area (Å²) in [5.41, 5.74) is 1.94. The predicted molar refractivity (Wildman–Crippen MR) is 120 cm³/mol. The molecule has 1 N–H and O–H groups in total. The molecule has 0 radical (unpaired) electrons. The lowest BCUT2D eigenvalue weighted by Gasteiger charge is -2.37. The van der Waals surface area contributed by atoms with Gasteiger partial charge in [0.1, 0.15) is 5.75 Å². The molecule has 0 spiro atoms. The van der Waals surface area contributed by atoms with Gasteiger partial charge in [0.05, 0.1) is 23.4 Å². The van der Waals surface area contributed by atoms with Crippen molar-refractivity contribution < 1.29 is 19.0 Å². The normalized spacial score (nSPS) is 18.0. The topological polar surface area (TPSA) is 66.5 Å². The van der Waals surface area contributed by atoms with Crippen LogP contribution >= 0.6 is 11.9 Å². The highest BCUT2D eigenvalue weighted by Gasteiger charge is 2.27. The van der Waals surface area contributed by atoms with Gasteiger partial charge in [-0.25, -0.2) is 4.79 Å². The Bertz CT molecular complexity index is 965. The first-order valence-electron chi connectivity index (χ1n) is 10.5. The molecule has 2 aromatic carbocycles. The third-order valence-electron chi connectivity index (χ3n) is 5.79. The van der Waals surface area contributed by atoms with Crippen molar-refractivity contribution in [3.63, 3.8) is 0 Å². The number of amides is 2. The van der Waals surface area contributed by atoms with Crippen LogP contribution in [0.1, 0.15) is 6.42 Å². The number of hydrogen-bond acceptors (Lipinski definition) is 7. The van der Waals surface area contributed by atoms with Crippen LogP contribution in [0.25, 0.3) is 0 Å². The Labute approximate surface area is 186 Å². The van der Waals surface area contributed by atoms with Gasteiger partial charge in [-0.15, -0.1) is 0 Å². The molecule has 0 bridgehead atoms. The summed E-state index contributed by atoms with van der Waals surface area (Å²) in [5, 5.41) is 2.96. The molecule has 5 rings (SSSR count). The molecule has 2 aromatic rings. The Kier molecular flexibility index (Phi) is 5.69. The lowest BCUT2D eigenvalue weighted by Crippen LogP contribution is -2.47. The molecule has 0 saturated carbocycles. The first kappa shape index (κ1) is 20.1. The molecule has 3 heterocycles. The first-order valence-corrected chi connectivity index (χ1v) is 11.3. The number of fused-ring (bicyclic) bond motifs is 2. The number of ether oxygens (including phenoxy) is 3. The summed E-state index contributed by atoms with van der Waals surface area (Å²) in [4.78, 5) is 18.3. The number of benzene rings is 2. The molecule has 2 amide bonds. The number of piperazine rings is 1. The number of hydrogen-bond donors (Lipinski definition) is 1. The van der Waals surface area contributed by atoms with Crippen LogP contribution in [0, 0.1) is 0 Å². The van der Waals surface area contributed by atoms with Crippen LogP contribution in [0.3, 0.4) is 0 Å². The Balaban J connectivity index is 1.11. The van der Waals surface area contributed by atoms with Crippen molar-refractivity contribution in [2.75, 3.05) is 63.4 Å². The number of para-hydroxylation sites is 2. The highest BCUT2D eigenvalue weighted by Crippen LogP contribution is 2.44. The lowest BCUT2D eigenvalue weighted by molar-refractivity contribution is 0.174.